The molecule has 1 aromatic rings. The number of hydrogen-bond acceptors (Lipinski definition) is 4. The van der Waals surface area contributed by atoms with Crippen LogP contribution in [-0.2, 0) is 7.05 Å². The Labute approximate surface area is 90.8 Å². The van der Waals surface area contributed by atoms with E-state index in [1.165, 1.54) is 22.6 Å². The van der Waals surface area contributed by atoms with Crippen LogP contribution in [0.5, 0.6) is 0 Å². The number of rotatable bonds is 1. The Kier molecular flexibility index (Phi) is 3.80. The number of aliphatic imine (C=N–C) groups is 1. The number of hydrogen-bond donors (Lipinski definition) is 1. The van der Waals surface area contributed by atoms with Crippen molar-refractivity contribution < 1.29 is 0 Å². The van der Waals surface area contributed by atoms with E-state index in [2.05, 4.69) is 15.4 Å². The molecule has 74 valence electrons. The molecule has 0 fully saturated rings. The summed E-state index contributed by atoms with van der Waals surface area (Å²) in [6, 6.07) is 0. The van der Waals surface area contributed by atoms with Crippen LogP contribution in [0.4, 0.5) is 5.69 Å². The minimum absolute atomic E-state index is 0.441. The molecule has 0 bridgehead atoms. The van der Waals surface area contributed by atoms with Crippen molar-refractivity contribution in [1.82, 2.24) is 15.1 Å². The number of nitrogens with zero attached hydrogens (tertiary/aromatic N) is 4. The Morgan fingerprint density at radius 3 is 3.00 bits per heavy atom. The average Bonchev–Trinajstić information content (AvgIpc) is 2.49. The van der Waals surface area contributed by atoms with Crippen molar-refractivity contribution in [3.63, 3.8) is 0 Å². The van der Waals surface area contributed by atoms with Gasteiger partial charge in [0.25, 0.3) is 0 Å². The van der Waals surface area contributed by atoms with E-state index >= 15 is 0 Å². The van der Waals surface area contributed by atoms with Gasteiger partial charge >= 0.3 is 0 Å². The van der Waals surface area contributed by atoms with E-state index < -0.39 is 0 Å². The molecule has 1 N–H and O–H groups in total. The largest absolute Gasteiger partial charge is 0.271 e. The monoisotopic (exact) mass is 229 g/mol. The van der Waals surface area contributed by atoms with Crippen molar-refractivity contribution in [2.45, 2.75) is 0 Å². The van der Waals surface area contributed by atoms with Crippen molar-refractivity contribution >= 4 is 34.2 Å². The first-order valence-electron chi connectivity index (χ1n) is 3.64. The fourth-order valence-electron chi connectivity index (χ4n) is 0.768. The first-order valence-corrected chi connectivity index (χ1v) is 5.24. The third kappa shape index (κ3) is 2.40. The smallest absolute Gasteiger partial charge is 0.183 e. The van der Waals surface area contributed by atoms with Gasteiger partial charge in [0.15, 0.2) is 16.5 Å². The highest BCUT2D eigenvalue weighted by molar-refractivity contribution is 8.13. The number of halogens is 1. The van der Waals surface area contributed by atoms with Crippen molar-refractivity contribution in [1.29, 1.82) is 5.26 Å². The summed E-state index contributed by atoms with van der Waals surface area (Å²) in [5, 5.41) is 15.7. The summed E-state index contributed by atoms with van der Waals surface area (Å²) < 4.78 is 1.50. The van der Waals surface area contributed by atoms with Gasteiger partial charge in [-0.05, 0) is 6.26 Å². The highest BCUT2D eigenvalue weighted by Gasteiger charge is 2.05. The number of thioether (sulfide) groups is 1. The number of nitriles is 1. The SMILES string of the molecule is CSC(=Nc1cnn(C)c1Cl)NC#N. The van der Waals surface area contributed by atoms with Gasteiger partial charge in [0, 0.05) is 7.05 Å². The van der Waals surface area contributed by atoms with Crippen LogP contribution in [0.2, 0.25) is 5.15 Å². The lowest BCUT2D eigenvalue weighted by molar-refractivity contribution is 0.769. The molecule has 7 heteroatoms. The van der Waals surface area contributed by atoms with Gasteiger partial charge in [-0.3, -0.25) is 10.00 Å². The van der Waals surface area contributed by atoms with Crippen LogP contribution in [0.1, 0.15) is 0 Å². The zero-order chi connectivity index (χ0) is 10.6. The molecule has 14 heavy (non-hydrogen) atoms. The molecular formula is C7H8ClN5S. The van der Waals surface area contributed by atoms with Gasteiger partial charge < -0.3 is 0 Å². The van der Waals surface area contributed by atoms with E-state index in [0.29, 0.717) is 16.0 Å². The van der Waals surface area contributed by atoms with E-state index in [1.807, 2.05) is 6.26 Å². The lowest BCUT2D eigenvalue weighted by Crippen LogP contribution is -2.12. The molecule has 0 aliphatic heterocycles. The highest BCUT2D eigenvalue weighted by atomic mass is 35.5. The van der Waals surface area contributed by atoms with Crippen LogP contribution < -0.4 is 5.32 Å². The molecule has 1 rings (SSSR count). The van der Waals surface area contributed by atoms with Crippen LogP contribution in [-0.4, -0.2) is 21.2 Å². The molecule has 0 radical (unpaired) electrons. The third-order valence-corrected chi connectivity index (χ3v) is 2.45. The van der Waals surface area contributed by atoms with Crippen molar-refractivity contribution in [3.05, 3.63) is 11.3 Å². The van der Waals surface area contributed by atoms with Gasteiger partial charge in [-0.2, -0.15) is 10.4 Å². The fraction of sp³-hybridized carbons (Fsp3) is 0.286. The van der Waals surface area contributed by atoms with Gasteiger partial charge in [-0.1, -0.05) is 23.4 Å². The second kappa shape index (κ2) is 4.88. The molecule has 0 unspecified atom stereocenters. The number of aromatic nitrogens is 2. The normalized spacial score (nSPS) is 11.1. The molecule has 0 spiro atoms. The number of aryl methyl sites for hydroxylation is 1. The minimum Gasteiger partial charge on any atom is -0.271 e. The maximum atomic E-state index is 8.41. The fourth-order valence-corrected chi connectivity index (χ4v) is 1.24. The highest BCUT2D eigenvalue weighted by Crippen LogP contribution is 2.23. The van der Waals surface area contributed by atoms with Crippen LogP contribution in [0.15, 0.2) is 11.2 Å². The zero-order valence-electron chi connectivity index (χ0n) is 7.65. The predicted molar refractivity (Wildman–Crippen MR) is 57.6 cm³/mol. The summed E-state index contributed by atoms with van der Waals surface area (Å²) >= 11 is 7.21. The molecule has 1 aromatic heterocycles. The lowest BCUT2D eigenvalue weighted by atomic mass is 10.6. The van der Waals surface area contributed by atoms with Crippen molar-refractivity contribution in [2.24, 2.45) is 12.0 Å². The van der Waals surface area contributed by atoms with Crippen LogP contribution in [0, 0.1) is 11.5 Å². The first kappa shape index (κ1) is 10.9. The maximum Gasteiger partial charge on any atom is 0.183 e. The molecule has 0 saturated heterocycles. The van der Waals surface area contributed by atoms with Gasteiger partial charge in [0.1, 0.15) is 5.69 Å². The Morgan fingerprint density at radius 1 is 1.86 bits per heavy atom. The number of amidine groups is 1. The molecule has 5 nitrogen and oxygen atoms in total. The molecule has 0 atom stereocenters. The van der Waals surface area contributed by atoms with Crippen molar-refractivity contribution in [3.8, 4) is 6.19 Å². The Balaban J connectivity index is 2.95. The Hall–Kier alpha value is -1.19. The van der Waals surface area contributed by atoms with Gasteiger partial charge in [0.2, 0.25) is 0 Å². The van der Waals surface area contributed by atoms with Crippen LogP contribution >= 0.6 is 23.4 Å². The van der Waals surface area contributed by atoms with E-state index in [-0.39, 0.29) is 0 Å². The van der Waals surface area contributed by atoms with E-state index in [1.54, 1.807) is 13.2 Å². The van der Waals surface area contributed by atoms with Crippen molar-refractivity contribution in [2.75, 3.05) is 6.26 Å². The Bertz CT molecular complexity index is 391. The molecule has 0 aromatic carbocycles. The molecule has 0 aliphatic carbocycles. The molecule has 0 amide bonds. The topological polar surface area (TPSA) is 66.0 Å². The van der Waals surface area contributed by atoms with E-state index in [4.69, 9.17) is 16.9 Å². The number of nitrogens with one attached hydrogen (secondary N) is 1. The molecule has 0 saturated carbocycles. The van der Waals surface area contributed by atoms with Crippen LogP contribution in [0.3, 0.4) is 0 Å². The minimum atomic E-state index is 0.441. The Morgan fingerprint density at radius 2 is 2.57 bits per heavy atom. The second-order valence-electron chi connectivity index (χ2n) is 2.30. The van der Waals surface area contributed by atoms with Crippen LogP contribution in [0.25, 0.3) is 0 Å². The summed E-state index contributed by atoms with van der Waals surface area (Å²) in [6.07, 6.45) is 5.15. The summed E-state index contributed by atoms with van der Waals surface area (Å²) in [6.45, 7) is 0. The molecule has 0 aliphatic rings. The average molecular weight is 230 g/mol. The second-order valence-corrected chi connectivity index (χ2v) is 3.46. The lowest BCUT2D eigenvalue weighted by Gasteiger charge is -1.97. The van der Waals surface area contributed by atoms with Gasteiger partial charge in [-0.15, -0.1) is 0 Å². The molecule has 1 heterocycles. The van der Waals surface area contributed by atoms with Gasteiger partial charge in [0.05, 0.1) is 6.20 Å². The quantitative estimate of drug-likeness (QED) is 0.343. The molecular weight excluding hydrogens is 222 g/mol. The van der Waals surface area contributed by atoms with E-state index in [0.717, 1.165) is 0 Å². The first-order chi connectivity index (χ1) is 6.69. The summed E-state index contributed by atoms with van der Waals surface area (Å²) in [5.74, 6) is 0. The third-order valence-electron chi connectivity index (χ3n) is 1.43. The predicted octanol–water partition coefficient (Wildman–Crippen LogP) is 1.49. The standard InChI is InChI=1S/C7H8ClN5S/c1-13-6(8)5(3-11-13)12-7(14-2)10-4-9/h3H,1-2H3,(H,10,12). The van der Waals surface area contributed by atoms with E-state index in [9.17, 15) is 0 Å². The maximum absolute atomic E-state index is 8.41. The van der Waals surface area contributed by atoms with Gasteiger partial charge in [-0.25, -0.2) is 4.99 Å². The summed E-state index contributed by atoms with van der Waals surface area (Å²) in [7, 11) is 1.72. The summed E-state index contributed by atoms with van der Waals surface area (Å²) in [4.78, 5) is 4.12. The zero-order valence-corrected chi connectivity index (χ0v) is 9.22. The summed E-state index contributed by atoms with van der Waals surface area (Å²) in [5.41, 5.74) is 0.543.